The summed E-state index contributed by atoms with van der Waals surface area (Å²) in [5.41, 5.74) is 2.15. The molecule has 0 amide bonds. The maximum absolute atomic E-state index is 12.9. The van der Waals surface area contributed by atoms with E-state index in [0.717, 1.165) is 29.6 Å². The van der Waals surface area contributed by atoms with E-state index < -0.39 is 0 Å². The molecule has 106 valence electrons. The van der Waals surface area contributed by atoms with Crippen LogP contribution in [0.15, 0.2) is 49.1 Å². The Balaban J connectivity index is 1.81. The minimum Gasteiger partial charge on any atom is -0.373 e. The van der Waals surface area contributed by atoms with Crippen molar-refractivity contribution in [2.45, 2.75) is 6.42 Å². The predicted octanol–water partition coefficient (Wildman–Crippen LogP) is 2.43. The number of nitrogens with zero attached hydrogens (tertiary/aromatic N) is 4. The zero-order valence-electron chi connectivity index (χ0n) is 11.5. The Morgan fingerprint density at radius 2 is 2.10 bits per heavy atom. The summed E-state index contributed by atoms with van der Waals surface area (Å²) in [6.45, 7) is 0. The standard InChI is InChI=1S/C15H14FN5/c1-17-15-12(3-2-6-18-15)7-11-4-5-14(19-8-11)21-10-13(16)9-20-21/h2-6,8-10H,7H2,1H3,(H,17,18). The van der Waals surface area contributed by atoms with Crippen molar-refractivity contribution in [2.24, 2.45) is 0 Å². The van der Waals surface area contributed by atoms with Gasteiger partial charge in [0, 0.05) is 25.9 Å². The monoisotopic (exact) mass is 283 g/mol. The molecular weight excluding hydrogens is 269 g/mol. The molecule has 0 unspecified atom stereocenters. The van der Waals surface area contributed by atoms with Crippen LogP contribution >= 0.6 is 0 Å². The number of rotatable bonds is 4. The second-order valence-electron chi connectivity index (χ2n) is 4.57. The summed E-state index contributed by atoms with van der Waals surface area (Å²) < 4.78 is 14.3. The van der Waals surface area contributed by atoms with Crippen molar-refractivity contribution in [3.05, 3.63) is 66.0 Å². The van der Waals surface area contributed by atoms with E-state index in [1.807, 2.05) is 31.3 Å². The van der Waals surface area contributed by atoms with Gasteiger partial charge < -0.3 is 5.32 Å². The summed E-state index contributed by atoms with van der Waals surface area (Å²) in [7, 11) is 1.85. The van der Waals surface area contributed by atoms with Crippen LogP contribution in [0.3, 0.4) is 0 Å². The first-order valence-corrected chi connectivity index (χ1v) is 6.53. The summed E-state index contributed by atoms with van der Waals surface area (Å²) in [6.07, 6.45) is 6.70. The van der Waals surface area contributed by atoms with E-state index in [1.54, 1.807) is 12.4 Å². The number of halogens is 1. The predicted molar refractivity (Wildman–Crippen MR) is 77.9 cm³/mol. The highest BCUT2D eigenvalue weighted by atomic mass is 19.1. The van der Waals surface area contributed by atoms with E-state index >= 15 is 0 Å². The fourth-order valence-corrected chi connectivity index (χ4v) is 2.11. The van der Waals surface area contributed by atoms with Crippen molar-refractivity contribution >= 4 is 5.82 Å². The number of hydrogen-bond acceptors (Lipinski definition) is 4. The molecule has 21 heavy (non-hydrogen) atoms. The van der Waals surface area contributed by atoms with Gasteiger partial charge in [-0.2, -0.15) is 5.10 Å². The first-order valence-electron chi connectivity index (χ1n) is 6.53. The van der Waals surface area contributed by atoms with Gasteiger partial charge in [-0.15, -0.1) is 0 Å². The molecular formula is C15H14FN5. The molecule has 0 bridgehead atoms. The molecule has 3 aromatic rings. The van der Waals surface area contributed by atoms with Crippen LogP contribution in [0, 0.1) is 5.82 Å². The quantitative estimate of drug-likeness (QED) is 0.799. The van der Waals surface area contributed by atoms with Gasteiger partial charge in [0.25, 0.3) is 0 Å². The molecule has 1 N–H and O–H groups in total. The van der Waals surface area contributed by atoms with Crippen LogP contribution in [0.5, 0.6) is 0 Å². The molecule has 0 saturated carbocycles. The Hall–Kier alpha value is -2.76. The highest BCUT2D eigenvalue weighted by Gasteiger charge is 2.05. The molecule has 0 aliphatic carbocycles. The molecule has 3 rings (SSSR count). The smallest absolute Gasteiger partial charge is 0.161 e. The molecule has 3 aromatic heterocycles. The summed E-state index contributed by atoms with van der Waals surface area (Å²) in [5, 5.41) is 6.95. The second kappa shape index (κ2) is 5.70. The van der Waals surface area contributed by atoms with Crippen molar-refractivity contribution in [3.8, 4) is 5.82 Å². The Morgan fingerprint density at radius 1 is 1.19 bits per heavy atom. The van der Waals surface area contributed by atoms with Crippen LogP contribution in [-0.4, -0.2) is 26.8 Å². The lowest BCUT2D eigenvalue weighted by atomic mass is 10.1. The number of hydrogen-bond donors (Lipinski definition) is 1. The van der Waals surface area contributed by atoms with Crippen LogP contribution in [-0.2, 0) is 6.42 Å². The summed E-state index contributed by atoms with van der Waals surface area (Å²) in [5.74, 6) is 1.06. The summed E-state index contributed by atoms with van der Waals surface area (Å²) in [4.78, 5) is 8.58. The molecule has 0 aliphatic heterocycles. The SMILES string of the molecule is CNc1ncccc1Cc1ccc(-n2cc(F)cn2)nc1. The third kappa shape index (κ3) is 2.89. The maximum Gasteiger partial charge on any atom is 0.161 e. The largest absolute Gasteiger partial charge is 0.373 e. The van der Waals surface area contributed by atoms with Crippen molar-refractivity contribution < 1.29 is 4.39 Å². The maximum atomic E-state index is 12.9. The van der Waals surface area contributed by atoms with E-state index in [1.165, 1.54) is 10.9 Å². The number of aromatic nitrogens is 4. The van der Waals surface area contributed by atoms with E-state index in [2.05, 4.69) is 20.4 Å². The van der Waals surface area contributed by atoms with Crippen molar-refractivity contribution in [1.82, 2.24) is 19.7 Å². The van der Waals surface area contributed by atoms with Gasteiger partial charge in [-0.25, -0.2) is 19.0 Å². The Bertz CT molecular complexity index is 736. The third-order valence-electron chi connectivity index (χ3n) is 3.12. The minimum atomic E-state index is -0.380. The van der Waals surface area contributed by atoms with Crippen molar-refractivity contribution in [2.75, 3.05) is 12.4 Å². The third-order valence-corrected chi connectivity index (χ3v) is 3.12. The molecule has 5 nitrogen and oxygen atoms in total. The molecule has 0 fully saturated rings. The lowest BCUT2D eigenvalue weighted by Gasteiger charge is -2.08. The van der Waals surface area contributed by atoms with Crippen LogP contribution in [0.1, 0.15) is 11.1 Å². The van der Waals surface area contributed by atoms with E-state index in [4.69, 9.17) is 0 Å². The van der Waals surface area contributed by atoms with Crippen LogP contribution < -0.4 is 5.32 Å². The van der Waals surface area contributed by atoms with Crippen molar-refractivity contribution in [3.63, 3.8) is 0 Å². The highest BCUT2D eigenvalue weighted by Crippen LogP contribution is 2.16. The first-order chi connectivity index (χ1) is 10.3. The first kappa shape index (κ1) is 13.2. The van der Waals surface area contributed by atoms with Gasteiger partial charge in [0.2, 0.25) is 0 Å². The number of nitrogens with one attached hydrogen (secondary N) is 1. The number of pyridine rings is 2. The van der Waals surface area contributed by atoms with Crippen LogP contribution in [0.25, 0.3) is 5.82 Å². The minimum absolute atomic E-state index is 0.380. The molecule has 0 spiro atoms. The molecule has 3 heterocycles. The lowest BCUT2D eigenvalue weighted by molar-refractivity contribution is 0.627. The molecule has 0 saturated heterocycles. The van der Waals surface area contributed by atoms with Gasteiger partial charge in [-0.05, 0) is 23.3 Å². The van der Waals surface area contributed by atoms with Gasteiger partial charge in [-0.3, -0.25) is 0 Å². The van der Waals surface area contributed by atoms with Gasteiger partial charge >= 0.3 is 0 Å². The molecule has 0 radical (unpaired) electrons. The Morgan fingerprint density at radius 3 is 2.76 bits per heavy atom. The number of anilines is 1. The average Bonchev–Trinajstić information content (AvgIpc) is 2.95. The zero-order chi connectivity index (χ0) is 14.7. The molecule has 0 aromatic carbocycles. The second-order valence-corrected chi connectivity index (χ2v) is 4.57. The molecule has 6 heteroatoms. The summed E-state index contributed by atoms with van der Waals surface area (Å²) >= 11 is 0. The van der Waals surface area contributed by atoms with E-state index in [0.29, 0.717) is 5.82 Å². The van der Waals surface area contributed by atoms with Crippen LogP contribution in [0.2, 0.25) is 0 Å². The van der Waals surface area contributed by atoms with Gasteiger partial charge in [0.15, 0.2) is 11.6 Å². The van der Waals surface area contributed by atoms with Gasteiger partial charge in [0.05, 0.1) is 12.4 Å². The fraction of sp³-hybridized carbons (Fsp3) is 0.133. The normalized spacial score (nSPS) is 10.6. The Kier molecular flexibility index (Phi) is 3.59. The van der Waals surface area contributed by atoms with Gasteiger partial charge in [-0.1, -0.05) is 12.1 Å². The molecule has 0 aliphatic rings. The zero-order valence-corrected chi connectivity index (χ0v) is 11.5. The van der Waals surface area contributed by atoms with Gasteiger partial charge in [0.1, 0.15) is 5.82 Å². The summed E-state index contributed by atoms with van der Waals surface area (Å²) in [6, 6.07) is 7.70. The topological polar surface area (TPSA) is 55.6 Å². The van der Waals surface area contributed by atoms with Crippen molar-refractivity contribution in [1.29, 1.82) is 0 Å². The van der Waals surface area contributed by atoms with E-state index in [-0.39, 0.29) is 5.82 Å². The average molecular weight is 283 g/mol. The lowest BCUT2D eigenvalue weighted by Crippen LogP contribution is -2.01. The van der Waals surface area contributed by atoms with E-state index in [9.17, 15) is 4.39 Å². The molecule has 0 atom stereocenters. The fourth-order valence-electron chi connectivity index (χ4n) is 2.11. The van der Waals surface area contributed by atoms with Crippen LogP contribution in [0.4, 0.5) is 10.2 Å². The highest BCUT2D eigenvalue weighted by molar-refractivity contribution is 5.45. The Labute approximate surface area is 121 Å².